The molecule has 0 aromatic rings. The Balaban J connectivity index is 2.60. The first-order valence-corrected chi connectivity index (χ1v) is 8.31. The van der Waals surface area contributed by atoms with E-state index in [1.807, 2.05) is 6.92 Å². The number of hydrogen-bond donors (Lipinski definition) is 2. The van der Waals surface area contributed by atoms with Gasteiger partial charge in [0, 0.05) is 25.7 Å². The molecule has 0 bridgehead atoms. The number of nitrogens with zero attached hydrogens (tertiary/aromatic N) is 1. The van der Waals surface area contributed by atoms with E-state index in [1.165, 1.54) is 10.7 Å². The summed E-state index contributed by atoms with van der Waals surface area (Å²) in [6, 6.07) is -0.0473. The Labute approximate surface area is 111 Å². The van der Waals surface area contributed by atoms with Gasteiger partial charge in [0.05, 0.1) is 0 Å². The predicted octanol–water partition coefficient (Wildman–Crippen LogP) is 1.25. The highest BCUT2D eigenvalue weighted by Crippen LogP contribution is 2.23. The molecule has 2 N–H and O–H groups in total. The third kappa shape index (κ3) is 4.50. The zero-order valence-electron chi connectivity index (χ0n) is 11.4. The zero-order chi connectivity index (χ0) is 13.6. The number of aliphatic hydroxyl groups is 1. The monoisotopic (exact) mass is 278 g/mol. The molecule has 18 heavy (non-hydrogen) atoms. The third-order valence-corrected chi connectivity index (χ3v) is 5.44. The van der Waals surface area contributed by atoms with Crippen molar-refractivity contribution < 1.29 is 13.5 Å². The lowest BCUT2D eigenvalue weighted by molar-refractivity contribution is 0.262. The second-order valence-electron chi connectivity index (χ2n) is 5.05. The summed E-state index contributed by atoms with van der Waals surface area (Å²) in [5, 5.41) is 8.90. The maximum atomic E-state index is 12.2. The maximum absolute atomic E-state index is 12.2. The molecule has 1 unspecified atom stereocenters. The molecule has 0 heterocycles. The van der Waals surface area contributed by atoms with Crippen LogP contribution in [0.1, 0.15) is 51.9 Å². The van der Waals surface area contributed by atoms with E-state index >= 15 is 0 Å². The smallest absolute Gasteiger partial charge is 0.279 e. The van der Waals surface area contributed by atoms with Gasteiger partial charge in [-0.15, -0.1) is 0 Å². The van der Waals surface area contributed by atoms with E-state index in [9.17, 15) is 8.42 Å². The first kappa shape index (κ1) is 15.9. The molecular weight excluding hydrogens is 252 g/mol. The second kappa shape index (κ2) is 7.43. The average Bonchev–Trinajstić information content (AvgIpc) is 2.38. The standard InChI is InChI=1S/C12H26N2O3S/c1-3-11(9-10-15)13-18(16,17)14(2)12-7-5-4-6-8-12/h11-13,15H,3-10H2,1-2H3. The van der Waals surface area contributed by atoms with Crippen LogP contribution in [-0.2, 0) is 10.2 Å². The van der Waals surface area contributed by atoms with Crippen molar-refractivity contribution in [3.8, 4) is 0 Å². The van der Waals surface area contributed by atoms with Crippen molar-refractivity contribution in [1.29, 1.82) is 0 Å². The molecule has 1 atom stereocenters. The summed E-state index contributed by atoms with van der Waals surface area (Å²) >= 11 is 0. The maximum Gasteiger partial charge on any atom is 0.279 e. The van der Waals surface area contributed by atoms with E-state index in [2.05, 4.69) is 4.72 Å². The molecule has 0 aromatic heterocycles. The quantitative estimate of drug-likeness (QED) is 0.736. The van der Waals surface area contributed by atoms with Crippen molar-refractivity contribution in [2.75, 3.05) is 13.7 Å². The molecule has 0 saturated heterocycles. The van der Waals surface area contributed by atoms with Crippen LogP contribution in [0, 0.1) is 0 Å². The molecule has 1 rings (SSSR count). The molecular formula is C12H26N2O3S. The Hall–Kier alpha value is -0.170. The van der Waals surface area contributed by atoms with E-state index in [0.29, 0.717) is 12.8 Å². The number of aliphatic hydroxyl groups excluding tert-OH is 1. The normalized spacial score (nSPS) is 20.2. The number of hydrogen-bond acceptors (Lipinski definition) is 3. The zero-order valence-corrected chi connectivity index (χ0v) is 12.2. The van der Waals surface area contributed by atoms with Gasteiger partial charge in [-0.2, -0.15) is 17.4 Å². The summed E-state index contributed by atoms with van der Waals surface area (Å²) < 4.78 is 28.6. The van der Waals surface area contributed by atoms with Crippen molar-refractivity contribution in [3.05, 3.63) is 0 Å². The van der Waals surface area contributed by atoms with Crippen LogP contribution in [0.5, 0.6) is 0 Å². The molecule has 0 spiro atoms. The molecule has 0 amide bonds. The molecule has 1 fully saturated rings. The van der Waals surface area contributed by atoms with Crippen LogP contribution in [0.3, 0.4) is 0 Å². The molecule has 1 aliphatic carbocycles. The third-order valence-electron chi connectivity index (χ3n) is 3.75. The summed E-state index contributed by atoms with van der Waals surface area (Å²) in [7, 11) is -1.76. The van der Waals surface area contributed by atoms with E-state index < -0.39 is 10.2 Å². The first-order chi connectivity index (χ1) is 8.51. The predicted molar refractivity (Wildman–Crippen MR) is 72.5 cm³/mol. The van der Waals surface area contributed by atoms with Gasteiger partial charge in [-0.25, -0.2) is 0 Å². The number of nitrogens with one attached hydrogen (secondary N) is 1. The molecule has 1 aliphatic rings. The molecule has 5 nitrogen and oxygen atoms in total. The summed E-state index contributed by atoms with van der Waals surface area (Å²) in [5.41, 5.74) is 0. The van der Waals surface area contributed by atoms with Crippen LogP contribution < -0.4 is 4.72 Å². The van der Waals surface area contributed by atoms with Crippen molar-refractivity contribution in [2.45, 2.75) is 64.0 Å². The fourth-order valence-corrected chi connectivity index (χ4v) is 3.91. The Kier molecular flexibility index (Phi) is 6.55. The van der Waals surface area contributed by atoms with E-state index in [0.717, 1.165) is 25.7 Å². The van der Waals surface area contributed by atoms with Crippen LogP contribution in [0.25, 0.3) is 0 Å². The fourth-order valence-electron chi connectivity index (χ4n) is 2.44. The van der Waals surface area contributed by atoms with Crippen LogP contribution >= 0.6 is 0 Å². The van der Waals surface area contributed by atoms with Crippen LogP contribution in [-0.4, -0.2) is 43.6 Å². The average molecular weight is 278 g/mol. The number of rotatable bonds is 7. The molecule has 0 radical (unpaired) electrons. The van der Waals surface area contributed by atoms with Crippen LogP contribution in [0.2, 0.25) is 0 Å². The van der Waals surface area contributed by atoms with Gasteiger partial charge >= 0.3 is 0 Å². The van der Waals surface area contributed by atoms with Gasteiger partial charge in [-0.3, -0.25) is 0 Å². The summed E-state index contributed by atoms with van der Waals surface area (Å²) in [6.07, 6.45) is 6.49. The lowest BCUT2D eigenvalue weighted by Crippen LogP contribution is -2.48. The van der Waals surface area contributed by atoms with Gasteiger partial charge in [0.1, 0.15) is 0 Å². The Bertz CT molecular complexity index is 326. The van der Waals surface area contributed by atoms with Crippen molar-refractivity contribution in [2.24, 2.45) is 0 Å². The largest absolute Gasteiger partial charge is 0.396 e. The molecule has 0 aromatic carbocycles. The van der Waals surface area contributed by atoms with E-state index in [4.69, 9.17) is 5.11 Å². The van der Waals surface area contributed by atoms with Gasteiger partial charge < -0.3 is 5.11 Å². The molecule has 0 aliphatic heterocycles. The van der Waals surface area contributed by atoms with Crippen molar-refractivity contribution >= 4 is 10.2 Å². The van der Waals surface area contributed by atoms with Gasteiger partial charge in [0.2, 0.25) is 0 Å². The fraction of sp³-hybridized carbons (Fsp3) is 1.00. The minimum absolute atomic E-state index is 0.00810. The minimum Gasteiger partial charge on any atom is -0.396 e. The van der Waals surface area contributed by atoms with Crippen LogP contribution in [0.4, 0.5) is 0 Å². The highest BCUT2D eigenvalue weighted by atomic mass is 32.2. The second-order valence-corrected chi connectivity index (χ2v) is 6.81. The SMILES string of the molecule is CCC(CCO)NS(=O)(=O)N(C)C1CCCCC1. The van der Waals surface area contributed by atoms with Gasteiger partial charge in [-0.1, -0.05) is 26.2 Å². The van der Waals surface area contributed by atoms with Crippen molar-refractivity contribution in [3.63, 3.8) is 0 Å². The van der Waals surface area contributed by atoms with E-state index in [-0.39, 0.29) is 18.7 Å². The summed E-state index contributed by atoms with van der Waals surface area (Å²) in [5.74, 6) is 0. The van der Waals surface area contributed by atoms with E-state index in [1.54, 1.807) is 7.05 Å². The lowest BCUT2D eigenvalue weighted by atomic mass is 9.96. The first-order valence-electron chi connectivity index (χ1n) is 6.87. The summed E-state index contributed by atoms with van der Waals surface area (Å²) in [4.78, 5) is 0. The molecule has 1 saturated carbocycles. The van der Waals surface area contributed by atoms with Gasteiger partial charge in [0.25, 0.3) is 10.2 Å². The Morgan fingerprint density at radius 2 is 1.94 bits per heavy atom. The van der Waals surface area contributed by atoms with Gasteiger partial charge in [-0.05, 0) is 25.7 Å². The topological polar surface area (TPSA) is 69.6 Å². The Morgan fingerprint density at radius 1 is 1.33 bits per heavy atom. The van der Waals surface area contributed by atoms with Crippen molar-refractivity contribution in [1.82, 2.24) is 9.03 Å². The molecule has 108 valence electrons. The highest BCUT2D eigenvalue weighted by molar-refractivity contribution is 7.87. The highest BCUT2D eigenvalue weighted by Gasteiger charge is 2.28. The summed E-state index contributed by atoms with van der Waals surface area (Å²) in [6.45, 7) is 1.93. The van der Waals surface area contributed by atoms with Crippen LogP contribution in [0.15, 0.2) is 0 Å². The lowest BCUT2D eigenvalue weighted by Gasteiger charge is -2.31. The minimum atomic E-state index is -3.42. The van der Waals surface area contributed by atoms with Gasteiger partial charge in [0.15, 0.2) is 0 Å². The Morgan fingerprint density at radius 3 is 2.44 bits per heavy atom. The molecule has 6 heteroatoms.